The predicted octanol–water partition coefficient (Wildman–Crippen LogP) is 3.38. The van der Waals surface area contributed by atoms with Crippen LogP contribution in [0.25, 0.3) is 0 Å². The normalized spacial score (nSPS) is 26.2. The van der Waals surface area contributed by atoms with Crippen LogP contribution >= 0.6 is 0 Å². The fourth-order valence-corrected chi connectivity index (χ4v) is 3.26. The highest BCUT2D eigenvalue weighted by molar-refractivity contribution is 5.99. The summed E-state index contributed by atoms with van der Waals surface area (Å²) in [6, 6.07) is 8.30. The van der Waals surface area contributed by atoms with Crippen LogP contribution in [0.1, 0.15) is 38.7 Å². The lowest BCUT2D eigenvalue weighted by Gasteiger charge is -2.32. The lowest BCUT2D eigenvalue weighted by molar-refractivity contribution is -0.116. The first-order valence-electron chi connectivity index (χ1n) is 6.25. The van der Waals surface area contributed by atoms with Crippen LogP contribution in [0.15, 0.2) is 36.0 Å². The Hall–Kier alpha value is -1.57. The Bertz CT molecular complexity index is 517. The Kier molecular flexibility index (Phi) is 2.15. The van der Waals surface area contributed by atoms with Crippen LogP contribution < -0.4 is 4.90 Å². The third-order valence-corrected chi connectivity index (χ3v) is 4.08. The van der Waals surface area contributed by atoms with E-state index in [1.165, 1.54) is 17.7 Å². The smallest absolute Gasteiger partial charge is 0.228 e. The number of nitrogens with zero attached hydrogens (tertiary/aromatic N) is 1. The topological polar surface area (TPSA) is 20.3 Å². The maximum atomic E-state index is 11.9. The number of carbonyl (C=O) groups is 1. The van der Waals surface area contributed by atoms with Gasteiger partial charge in [-0.3, -0.25) is 9.69 Å². The Morgan fingerprint density at radius 1 is 1.35 bits per heavy atom. The summed E-state index contributed by atoms with van der Waals surface area (Å²) >= 11 is 0. The second kappa shape index (κ2) is 3.46. The highest BCUT2D eigenvalue weighted by Gasteiger charge is 2.45. The standard InChI is InChI=1S/C15H17NO/c1-11(17)16-13-8-4-3-7-12(13)15(2)10-6-5-9-14(15)16/h3-4,7-9H,5-6,10H2,1-2H3/t15-/m0/s1. The van der Waals surface area contributed by atoms with Crippen LogP contribution in [0.4, 0.5) is 5.69 Å². The van der Waals surface area contributed by atoms with E-state index in [1.807, 2.05) is 11.0 Å². The molecule has 17 heavy (non-hydrogen) atoms. The molecule has 0 N–H and O–H groups in total. The van der Waals surface area contributed by atoms with E-state index in [-0.39, 0.29) is 11.3 Å². The van der Waals surface area contributed by atoms with E-state index in [9.17, 15) is 4.79 Å². The number of amides is 1. The number of para-hydroxylation sites is 1. The molecule has 2 nitrogen and oxygen atoms in total. The van der Waals surface area contributed by atoms with Crippen molar-refractivity contribution in [2.45, 2.75) is 38.5 Å². The zero-order valence-corrected chi connectivity index (χ0v) is 10.4. The van der Waals surface area contributed by atoms with Gasteiger partial charge in [0.2, 0.25) is 5.91 Å². The summed E-state index contributed by atoms with van der Waals surface area (Å²) in [5.41, 5.74) is 3.62. The lowest BCUT2D eigenvalue weighted by Crippen LogP contribution is -2.33. The number of benzene rings is 1. The zero-order chi connectivity index (χ0) is 12.0. The van der Waals surface area contributed by atoms with Gasteiger partial charge in [-0.25, -0.2) is 0 Å². The number of hydrogen-bond donors (Lipinski definition) is 0. The van der Waals surface area contributed by atoms with Gasteiger partial charge in [-0.15, -0.1) is 0 Å². The van der Waals surface area contributed by atoms with Crippen LogP contribution in [-0.4, -0.2) is 5.91 Å². The third-order valence-electron chi connectivity index (χ3n) is 4.08. The predicted molar refractivity (Wildman–Crippen MR) is 68.9 cm³/mol. The molecule has 1 aliphatic carbocycles. The second-order valence-corrected chi connectivity index (χ2v) is 5.19. The van der Waals surface area contributed by atoms with Gasteiger partial charge in [0.15, 0.2) is 0 Å². The van der Waals surface area contributed by atoms with E-state index in [0.717, 1.165) is 18.5 Å². The summed E-state index contributed by atoms with van der Waals surface area (Å²) in [5.74, 6) is 0.120. The molecule has 1 heterocycles. The van der Waals surface area contributed by atoms with Crippen LogP contribution in [0.3, 0.4) is 0 Å². The van der Waals surface area contributed by atoms with Crippen LogP contribution in [0.5, 0.6) is 0 Å². The fraction of sp³-hybridized carbons (Fsp3) is 0.400. The monoisotopic (exact) mass is 227 g/mol. The highest BCUT2D eigenvalue weighted by Crippen LogP contribution is 2.52. The lowest BCUT2D eigenvalue weighted by atomic mass is 9.74. The molecule has 1 aromatic rings. The molecule has 0 unspecified atom stereocenters. The largest absolute Gasteiger partial charge is 0.284 e. The molecular weight excluding hydrogens is 210 g/mol. The molecule has 0 fully saturated rings. The Morgan fingerprint density at radius 2 is 2.12 bits per heavy atom. The molecule has 0 saturated carbocycles. The Morgan fingerprint density at radius 3 is 2.88 bits per heavy atom. The van der Waals surface area contributed by atoms with Gasteiger partial charge in [0.25, 0.3) is 0 Å². The Balaban J connectivity index is 2.27. The summed E-state index contributed by atoms with van der Waals surface area (Å²) < 4.78 is 0. The maximum absolute atomic E-state index is 11.9. The highest BCUT2D eigenvalue weighted by atomic mass is 16.2. The van der Waals surface area contributed by atoms with Gasteiger partial charge in [0.1, 0.15) is 0 Å². The average molecular weight is 227 g/mol. The number of fused-ring (bicyclic) bond motifs is 3. The summed E-state index contributed by atoms with van der Waals surface area (Å²) in [4.78, 5) is 13.8. The van der Waals surface area contributed by atoms with Crippen molar-refractivity contribution in [3.8, 4) is 0 Å². The molecule has 0 aromatic heterocycles. The zero-order valence-electron chi connectivity index (χ0n) is 10.4. The second-order valence-electron chi connectivity index (χ2n) is 5.19. The van der Waals surface area contributed by atoms with Gasteiger partial charge in [0.05, 0.1) is 5.69 Å². The molecule has 88 valence electrons. The first kappa shape index (κ1) is 10.6. The van der Waals surface area contributed by atoms with E-state index in [4.69, 9.17) is 0 Å². The maximum Gasteiger partial charge on any atom is 0.228 e. The van der Waals surface area contributed by atoms with E-state index in [1.54, 1.807) is 6.92 Å². The molecule has 0 radical (unpaired) electrons. The summed E-state index contributed by atoms with van der Waals surface area (Å²) in [7, 11) is 0. The van der Waals surface area contributed by atoms with Gasteiger partial charge in [-0.1, -0.05) is 24.3 Å². The molecule has 0 spiro atoms. The summed E-state index contributed by atoms with van der Waals surface area (Å²) in [6.07, 6.45) is 5.67. The van der Waals surface area contributed by atoms with Gasteiger partial charge >= 0.3 is 0 Å². The van der Waals surface area contributed by atoms with E-state index in [2.05, 4.69) is 31.2 Å². The van der Waals surface area contributed by atoms with Crippen molar-refractivity contribution in [2.24, 2.45) is 0 Å². The van der Waals surface area contributed by atoms with Gasteiger partial charge in [-0.2, -0.15) is 0 Å². The Labute approximate surface area is 102 Å². The van der Waals surface area contributed by atoms with Crippen molar-refractivity contribution < 1.29 is 4.79 Å². The quantitative estimate of drug-likeness (QED) is 0.665. The number of carbonyl (C=O) groups excluding carboxylic acids is 1. The molecule has 0 saturated heterocycles. The first-order valence-corrected chi connectivity index (χ1v) is 6.25. The van der Waals surface area contributed by atoms with Crippen molar-refractivity contribution >= 4 is 11.6 Å². The number of anilines is 1. The van der Waals surface area contributed by atoms with Gasteiger partial charge < -0.3 is 0 Å². The third kappa shape index (κ3) is 1.30. The molecule has 2 heteroatoms. The molecule has 0 bridgehead atoms. The molecular formula is C15H17NO. The van der Waals surface area contributed by atoms with Crippen LogP contribution in [-0.2, 0) is 10.2 Å². The molecule has 1 aliphatic heterocycles. The number of hydrogen-bond acceptors (Lipinski definition) is 1. The molecule has 3 rings (SSSR count). The minimum atomic E-state index is 0.0422. The van der Waals surface area contributed by atoms with Gasteiger partial charge in [-0.05, 0) is 37.8 Å². The molecule has 1 atom stereocenters. The first-order chi connectivity index (χ1) is 8.14. The van der Waals surface area contributed by atoms with Gasteiger partial charge in [0, 0.05) is 18.0 Å². The SMILES string of the molecule is CC(=O)N1C2=CCCC[C@@]2(C)c2ccccc21. The van der Waals surface area contributed by atoms with Crippen molar-refractivity contribution in [1.29, 1.82) is 0 Å². The number of rotatable bonds is 0. The van der Waals surface area contributed by atoms with Crippen molar-refractivity contribution in [1.82, 2.24) is 0 Å². The minimum Gasteiger partial charge on any atom is -0.284 e. The average Bonchev–Trinajstić information content (AvgIpc) is 2.59. The van der Waals surface area contributed by atoms with E-state index < -0.39 is 0 Å². The van der Waals surface area contributed by atoms with Crippen LogP contribution in [0.2, 0.25) is 0 Å². The summed E-state index contributed by atoms with van der Waals surface area (Å²) in [5, 5.41) is 0. The number of allylic oxidation sites excluding steroid dienone is 2. The van der Waals surface area contributed by atoms with Crippen molar-refractivity contribution in [3.05, 3.63) is 41.6 Å². The van der Waals surface area contributed by atoms with Crippen molar-refractivity contribution in [3.63, 3.8) is 0 Å². The van der Waals surface area contributed by atoms with Crippen molar-refractivity contribution in [2.75, 3.05) is 4.90 Å². The molecule has 1 aromatic carbocycles. The van der Waals surface area contributed by atoms with E-state index >= 15 is 0 Å². The fourth-order valence-electron chi connectivity index (χ4n) is 3.26. The molecule has 1 amide bonds. The summed E-state index contributed by atoms with van der Waals surface area (Å²) in [6.45, 7) is 3.91. The minimum absolute atomic E-state index is 0.0422. The van der Waals surface area contributed by atoms with Crippen LogP contribution in [0, 0.1) is 0 Å². The molecule has 2 aliphatic rings. The van der Waals surface area contributed by atoms with E-state index in [0.29, 0.717) is 0 Å².